The Morgan fingerprint density at radius 1 is 1.17 bits per heavy atom. The summed E-state index contributed by atoms with van der Waals surface area (Å²) in [6.07, 6.45) is 1.57. The highest BCUT2D eigenvalue weighted by Gasteiger charge is 2.31. The van der Waals surface area contributed by atoms with Crippen molar-refractivity contribution in [3.63, 3.8) is 0 Å². The Bertz CT molecular complexity index is 854. The lowest BCUT2D eigenvalue weighted by Gasteiger charge is -2.17. The molecule has 0 aliphatic rings. The number of amides is 1. The zero-order chi connectivity index (χ0) is 18.1. The molecule has 1 heterocycles. The molecule has 1 N–H and O–H groups in total. The summed E-state index contributed by atoms with van der Waals surface area (Å²) in [5.74, 6) is -0.0879. The molecule has 0 fully saturated rings. The lowest BCUT2D eigenvalue weighted by molar-refractivity contribution is -0.115. The van der Waals surface area contributed by atoms with Crippen molar-refractivity contribution in [1.82, 2.24) is 9.78 Å². The van der Waals surface area contributed by atoms with Gasteiger partial charge in [0.1, 0.15) is 11.1 Å². The van der Waals surface area contributed by atoms with Gasteiger partial charge in [-0.05, 0) is 46.2 Å². The molecule has 0 aliphatic carbocycles. The van der Waals surface area contributed by atoms with Crippen molar-refractivity contribution in [2.45, 2.75) is 50.8 Å². The predicted molar refractivity (Wildman–Crippen MR) is 93.8 cm³/mol. The minimum atomic E-state index is -3.76. The van der Waals surface area contributed by atoms with Crippen LogP contribution >= 0.6 is 0 Å². The molecular weight excluding hydrogens is 326 g/mol. The molecular formula is C17H23N3O3S. The van der Waals surface area contributed by atoms with Gasteiger partial charge < -0.3 is 5.32 Å². The molecule has 0 bridgehead atoms. The van der Waals surface area contributed by atoms with Crippen LogP contribution in [0.1, 0.15) is 37.9 Å². The van der Waals surface area contributed by atoms with Crippen LogP contribution in [0.4, 0.5) is 5.82 Å². The van der Waals surface area contributed by atoms with Crippen molar-refractivity contribution in [3.8, 4) is 0 Å². The number of nitrogens with one attached hydrogen (secondary N) is 1. The molecule has 1 unspecified atom stereocenters. The molecule has 0 spiro atoms. The Labute approximate surface area is 142 Å². The largest absolute Gasteiger partial charge is 0.310 e. The smallest absolute Gasteiger partial charge is 0.243 e. The van der Waals surface area contributed by atoms with Gasteiger partial charge in [0.15, 0.2) is 9.84 Å². The van der Waals surface area contributed by atoms with E-state index in [1.165, 1.54) is 6.92 Å². The summed E-state index contributed by atoms with van der Waals surface area (Å²) in [5, 5.41) is 5.59. The molecule has 2 rings (SSSR count). The first-order valence-corrected chi connectivity index (χ1v) is 9.34. The van der Waals surface area contributed by atoms with Gasteiger partial charge in [-0.25, -0.2) is 13.1 Å². The Morgan fingerprint density at radius 2 is 1.83 bits per heavy atom. The van der Waals surface area contributed by atoms with Gasteiger partial charge in [-0.3, -0.25) is 4.79 Å². The predicted octanol–water partition coefficient (Wildman–Crippen LogP) is 2.88. The molecule has 1 amide bonds. The van der Waals surface area contributed by atoms with Crippen LogP contribution in [0.3, 0.4) is 0 Å². The van der Waals surface area contributed by atoms with Crippen LogP contribution in [0.5, 0.6) is 0 Å². The number of aryl methyl sites for hydroxylation is 2. The summed E-state index contributed by atoms with van der Waals surface area (Å²) in [4.78, 5) is 12.6. The number of carbonyl (C=O) groups excluding carboxylic acids is 1. The summed E-state index contributed by atoms with van der Waals surface area (Å²) >= 11 is 0. The van der Waals surface area contributed by atoms with Crippen LogP contribution in [-0.2, 0) is 14.6 Å². The molecule has 130 valence electrons. The SMILES string of the molecule is Cc1ccc(S(=O)(=O)C(C)C(=O)Nc2ccnn2C(C)C)c(C)c1. The fourth-order valence-electron chi connectivity index (χ4n) is 2.50. The number of benzene rings is 1. The van der Waals surface area contributed by atoms with E-state index in [-0.39, 0.29) is 10.9 Å². The average molecular weight is 349 g/mol. The molecule has 0 radical (unpaired) electrons. The number of anilines is 1. The summed E-state index contributed by atoms with van der Waals surface area (Å²) in [7, 11) is -3.76. The third-order valence-electron chi connectivity index (χ3n) is 3.88. The van der Waals surface area contributed by atoms with Gasteiger partial charge in [-0.15, -0.1) is 0 Å². The molecule has 2 aromatic rings. The van der Waals surface area contributed by atoms with E-state index < -0.39 is 21.0 Å². The monoisotopic (exact) mass is 349 g/mol. The number of carbonyl (C=O) groups is 1. The van der Waals surface area contributed by atoms with Gasteiger partial charge in [0.25, 0.3) is 0 Å². The Morgan fingerprint density at radius 3 is 2.42 bits per heavy atom. The van der Waals surface area contributed by atoms with E-state index in [1.54, 1.807) is 42.1 Å². The first-order valence-electron chi connectivity index (χ1n) is 7.80. The maximum Gasteiger partial charge on any atom is 0.243 e. The second-order valence-corrected chi connectivity index (χ2v) is 8.44. The molecule has 24 heavy (non-hydrogen) atoms. The zero-order valence-electron chi connectivity index (χ0n) is 14.6. The van der Waals surface area contributed by atoms with E-state index in [0.717, 1.165) is 5.56 Å². The van der Waals surface area contributed by atoms with Crippen LogP contribution in [0.15, 0.2) is 35.4 Å². The standard InChI is InChI=1S/C17H23N3O3S/c1-11(2)20-16(8-9-18-20)19-17(21)14(5)24(22,23)15-7-6-12(3)10-13(15)4/h6-11,14H,1-5H3,(H,19,21). The van der Waals surface area contributed by atoms with Gasteiger partial charge in [0.2, 0.25) is 5.91 Å². The van der Waals surface area contributed by atoms with E-state index in [4.69, 9.17) is 0 Å². The highest BCUT2D eigenvalue weighted by atomic mass is 32.2. The fraction of sp³-hybridized carbons (Fsp3) is 0.412. The van der Waals surface area contributed by atoms with Crippen LogP contribution in [-0.4, -0.2) is 29.4 Å². The van der Waals surface area contributed by atoms with E-state index >= 15 is 0 Å². The van der Waals surface area contributed by atoms with Crippen LogP contribution in [0.25, 0.3) is 0 Å². The lowest BCUT2D eigenvalue weighted by Crippen LogP contribution is -2.33. The number of aromatic nitrogens is 2. The topological polar surface area (TPSA) is 81.1 Å². The van der Waals surface area contributed by atoms with Crippen molar-refractivity contribution in [1.29, 1.82) is 0 Å². The lowest BCUT2D eigenvalue weighted by atomic mass is 10.2. The highest BCUT2D eigenvalue weighted by Crippen LogP contribution is 2.22. The Balaban J connectivity index is 2.27. The minimum absolute atomic E-state index is 0.0570. The van der Waals surface area contributed by atoms with Crippen LogP contribution in [0, 0.1) is 13.8 Å². The molecule has 1 aromatic heterocycles. The van der Waals surface area contributed by atoms with Crippen molar-refractivity contribution in [2.24, 2.45) is 0 Å². The summed E-state index contributed by atoms with van der Waals surface area (Å²) in [6, 6.07) is 6.79. The Hall–Kier alpha value is -2.15. The first kappa shape index (κ1) is 18.2. The molecule has 6 nitrogen and oxygen atoms in total. The van der Waals surface area contributed by atoms with Gasteiger partial charge in [0, 0.05) is 12.1 Å². The molecule has 0 aliphatic heterocycles. The third kappa shape index (κ3) is 3.51. The third-order valence-corrected chi connectivity index (χ3v) is 6.10. The normalized spacial score (nSPS) is 13.1. The van der Waals surface area contributed by atoms with Gasteiger partial charge in [0.05, 0.1) is 11.1 Å². The molecule has 1 atom stereocenters. The van der Waals surface area contributed by atoms with E-state index in [9.17, 15) is 13.2 Å². The van der Waals surface area contributed by atoms with Crippen molar-refractivity contribution >= 4 is 21.6 Å². The number of hydrogen-bond acceptors (Lipinski definition) is 4. The maximum atomic E-state index is 12.8. The number of sulfone groups is 1. The molecule has 7 heteroatoms. The van der Waals surface area contributed by atoms with Crippen molar-refractivity contribution in [2.75, 3.05) is 5.32 Å². The quantitative estimate of drug-likeness (QED) is 0.900. The maximum absolute atomic E-state index is 12.8. The second-order valence-electron chi connectivity index (χ2n) is 6.20. The molecule has 0 saturated heterocycles. The zero-order valence-corrected chi connectivity index (χ0v) is 15.4. The summed E-state index contributed by atoms with van der Waals surface area (Å²) in [5.41, 5.74) is 1.62. The highest BCUT2D eigenvalue weighted by molar-refractivity contribution is 7.92. The second kappa shape index (κ2) is 6.76. The van der Waals surface area contributed by atoms with Gasteiger partial charge in [-0.2, -0.15) is 5.10 Å². The number of rotatable bonds is 5. The van der Waals surface area contributed by atoms with E-state index in [0.29, 0.717) is 11.4 Å². The number of hydrogen-bond donors (Lipinski definition) is 1. The Kier molecular flexibility index (Phi) is 5.13. The summed E-state index contributed by atoms with van der Waals surface area (Å²) in [6.45, 7) is 8.89. The van der Waals surface area contributed by atoms with Gasteiger partial charge in [-0.1, -0.05) is 17.7 Å². The molecule has 0 saturated carbocycles. The summed E-state index contributed by atoms with van der Waals surface area (Å²) < 4.78 is 27.2. The first-order chi connectivity index (χ1) is 11.1. The van der Waals surface area contributed by atoms with Crippen molar-refractivity contribution < 1.29 is 13.2 Å². The van der Waals surface area contributed by atoms with Crippen LogP contribution in [0.2, 0.25) is 0 Å². The van der Waals surface area contributed by atoms with E-state index in [1.807, 2.05) is 20.8 Å². The van der Waals surface area contributed by atoms with Crippen LogP contribution < -0.4 is 5.32 Å². The van der Waals surface area contributed by atoms with E-state index in [2.05, 4.69) is 10.4 Å². The number of nitrogens with zero attached hydrogens (tertiary/aromatic N) is 2. The van der Waals surface area contributed by atoms with Crippen molar-refractivity contribution in [3.05, 3.63) is 41.6 Å². The fourth-order valence-corrected chi connectivity index (χ4v) is 3.99. The average Bonchev–Trinajstić information content (AvgIpc) is 2.94. The minimum Gasteiger partial charge on any atom is -0.310 e. The molecule has 1 aromatic carbocycles. The van der Waals surface area contributed by atoms with Gasteiger partial charge >= 0.3 is 0 Å².